The topological polar surface area (TPSA) is 25.8 Å². The van der Waals surface area contributed by atoms with Crippen LogP contribution in [0.15, 0.2) is 36.7 Å². The minimum absolute atomic E-state index is 0. The molecule has 0 spiro atoms. The van der Waals surface area contributed by atoms with Crippen LogP contribution in [0.3, 0.4) is 0 Å². The van der Waals surface area contributed by atoms with Crippen LogP contribution in [0.4, 0.5) is 0 Å². The third-order valence-electron chi connectivity index (χ3n) is 1.37. The first-order valence-electron chi connectivity index (χ1n) is 3.12. The van der Waals surface area contributed by atoms with Crippen molar-refractivity contribution in [2.75, 3.05) is 0 Å². The Balaban J connectivity index is 0.000000605. The summed E-state index contributed by atoms with van der Waals surface area (Å²) < 4.78 is 0. The molecule has 3 heteroatoms. The van der Waals surface area contributed by atoms with E-state index in [1.807, 2.05) is 24.3 Å². The Kier molecular flexibility index (Phi) is 3.00. The molecule has 0 aliphatic carbocycles. The summed E-state index contributed by atoms with van der Waals surface area (Å²) in [7, 11) is 0. The molecule has 2 aromatic rings. The van der Waals surface area contributed by atoms with Crippen LogP contribution in [0.25, 0.3) is 11.0 Å². The predicted molar refractivity (Wildman–Crippen MR) is 40.7 cm³/mol. The van der Waals surface area contributed by atoms with Crippen LogP contribution < -0.4 is 29.6 Å². The molecule has 0 bridgehead atoms. The quantitative estimate of drug-likeness (QED) is 0.443. The maximum Gasteiger partial charge on any atom is 1.00 e. The molecule has 2 rings (SSSR count). The number of hydrogen-bond acceptors (Lipinski definition) is 2. The van der Waals surface area contributed by atoms with Gasteiger partial charge in [-0.05, 0) is 24.3 Å². The zero-order chi connectivity index (χ0) is 6.81. The van der Waals surface area contributed by atoms with E-state index in [1.165, 1.54) is 0 Å². The van der Waals surface area contributed by atoms with Crippen LogP contribution in [-0.2, 0) is 0 Å². The van der Waals surface area contributed by atoms with Gasteiger partial charge in [0.1, 0.15) is 0 Å². The minimum Gasteiger partial charge on any atom is -1.00 e. The molecule has 2 nitrogen and oxygen atoms in total. The van der Waals surface area contributed by atoms with E-state index in [9.17, 15) is 0 Å². The van der Waals surface area contributed by atoms with E-state index in [-0.39, 0.29) is 31.0 Å². The molecule has 2 heterocycles. The van der Waals surface area contributed by atoms with Crippen molar-refractivity contribution in [1.29, 1.82) is 0 Å². The van der Waals surface area contributed by atoms with E-state index in [1.54, 1.807) is 12.4 Å². The Morgan fingerprint density at radius 3 is 1.82 bits per heavy atom. The Bertz CT molecular complexity index is 288. The second-order valence-electron chi connectivity index (χ2n) is 2.05. The Labute approximate surface area is 88.5 Å². The van der Waals surface area contributed by atoms with Gasteiger partial charge in [-0.2, -0.15) is 0 Å². The van der Waals surface area contributed by atoms with Gasteiger partial charge in [0.15, 0.2) is 0 Å². The summed E-state index contributed by atoms with van der Waals surface area (Å²) in [4.78, 5) is 8.24. The average Bonchev–Trinajstić information content (AvgIpc) is 2.05. The molecule has 0 N–H and O–H groups in total. The molecule has 0 aromatic carbocycles. The summed E-state index contributed by atoms with van der Waals surface area (Å²) >= 11 is 0. The maximum atomic E-state index is 4.12. The van der Waals surface area contributed by atoms with Gasteiger partial charge in [0.2, 0.25) is 0 Å². The number of pyridine rings is 2. The van der Waals surface area contributed by atoms with Crippen LogP contribution in [0.2, 0.25) is 0 Å². The molecule has 0 fully saturated rings. The molecule has 0 aliphatic heterocycles. The van der Waals surface area contributed by atoms with Crippen molar-refractivity contribution in [2.24, 2.45) is 0 Å². The number of rotatable bonds is 0. The molecule has 0 saturated heterocycles. The van der Waals surface area contributed by atoms with E-state index in [4.69, 9.17) is 0 Å². The number of nitrogens with zero attached hydrogens (tertiary/aromatic N) is 2. The number of fused-ring (bicyclic) bond motifs is 1. The van der Waals surface area contributed by atoms with Crippen LogP contribution >= 0.6 is 0 Å². The fourth-order valence-corrected chi connectivity index (χ4v) is 0.904. The summed E-state index contributed by atoms with van der Waals surface area (Å²) in [5.41, 5.74) is 1.90. The third kappa shape index (κ3) is 1.77. The molecule has 50 valence electrons. The molecular weight excluding hydrogens is 147 g/mol. The zero-order valence-electron chi connectivity index (χ0n) is 7.36. The van der Waals surface area contributed by atoms with Crippen molar-refractivity contribution in [3.8, 4) is 0 Å². The fourth-order valence-electron chi connectivity index (χ4n) is 0.904. The molecule has 11 heavy (non-hydrogen) atoms. The minimum atomic E-state index is 0. The molecule has 0 aliphatic rings. The standard InChI is InChI=1S/C8H6N2.Na.H/c1-3-7-8(9-5-1)4-2-6-10-7;;/h1-6H;;/q;+1;-1. The van der Waals surface area contributed by atoms with Gasteiger partial charge in [0.05, 0.1) is 11.0 Å². The van der Waals surface area contributed by atoms with E-state index in [0.29, 0.717) is 0 Å². The SMILES string of the molecule is [H-].[Na+].c1cnc2cccnc2c1. The first-order chi connectivity index (χ1) is 4.97. The summed E-state index contributed by atoms with van der Waals surface area (Å²) in [6.45, 7) is 0. The second-order valence-corrected chi connectivity index (χ2v) is 2.05. The van der Waals surface area contributed by atoms with E-state index in [2.05, 4.69) is 9.97 Å². The molecule has 2 aromatic heterocycles. The van der Waals surface area contributed by atoms with Crippen molar-refractivity contribution in [1.82, 2.24) is 9.97 Å². The van der Waals surface area contributed by atoms with Gasteiger partial charge in [-0.15, -0.1) is 0 Å². The smallest absolute Gasteiger partial charge is 1.00 e. The van der Waals surface area contributed by atoms with Gasteiger partial charge in [-0.25, -0.2) is 0 Å². The molecular formula is C8H7N2Na. The average molecular weight is 154 g/mol. The third-order valence-corrected chi connectivity index (χ3v) is 1.37. The van der Waals surface area contributed by atoms with Crippen molar-refractivity contribution < 1.29 is 31.0 Å². The molecule has 0 amide bonds. The van der Waals surface area contributed by atoms with Crippen molar-refractivity contribution in [3.05, 3.63) is 36.7 Å². The largest absolute Gasteiger partial charge is 1.00 e. The number of hydrogen-bond donors (Lipinski definition) is 0. The van der Waals surface area contributed by atoms with Crippen molar-refractivity contribution in [2.45, 2.75) is 0 Å². The summed E-state index contributed by atoms with van der Waals surface area (Å²) in [5, 5.41) is 0. The molecule has 0 unspecified atom stereocenters. The molecule has 0 saturated carbocycles. The summed E-state index contributed by atoms with van der Waals surface area (Å²) in [6.07, 6.45) is 3.54. The predicted octanol–water partition coefficient (Wildman–Crippen LogP) is -1.25. The van der Waals surface area contributed by atoms with E-state index in [0.717, 1.165) is 11.0 Å². The van der Waals surface area contributed by atoms with Gasteiger partial charge in [-0.3, -0.25) is 9.97 Å². The van der Waals surface area contributed by atoms with Crippen LogP contribution in [-0.4, -0.2) is 9.97 Å². The fraction of sp³-hybridized carbons (Fsp3) is 0. The Morgan fingerprint density at radius 2 is 1.36 bits per heavy atom. The van der Waals surface area contributed by atoms with Crippen LogP contribution in [0, 0.1) is 0 Å². The van der Waals surface area contributed by atoms with Gasteiger partial charge in [-0.1, -0.05) is 0 Å². The monoisotopic (exact) mass is 154 g/mol. The van der Waals surface area contributed by atoms with Crippen LogP contribution in [0.5, 0.6) is 0 Å². The second kappa shape index (κ2) is 3.81. The van der Waals surface area contributed by atoms with Gasteiger partial charge < -0.3 is 1.43 Å². The van der Waals surface area contributed by atoms with E-state index < -0.39 is 0 Å². The van der Waals surface area contributed by atoms with Gasteiger partial charge in [0, 0.05) is 12.4 Å². The van der Waals surface area contributed by atoms with Gasteiger partial charge >= 0.3 is 29.6 Å². The first-order valence-corrected chi connectivity index (χ1v) is 3.12. The first kappa shape index (κ1) is 8.65. The van der Waals surface area contributed by atoms with Crippen molar-refractivity contribution in [3.63, 3.8) is 0 Å². The maximum absolute atomic E-state index is 4.12. The van der Waals surface area contributed by atoms with Crippen LogP contribution in [0.1, 0.15) is 1.43 Å². The summed E-state index contributed by atoms with van der Waals surface area (Å²) in [5.74, 6) is 0. The zero-order valence-corrected chi connectivity index (χ0v) is 8.36. The van der Waals surface area contributed by atoms with E-state index >= 15 is 0 Å². The van der Waals surface area contributed by atoms with Crippen molar-refractivity contribution >= 4 is 11.0 Å². The number of aromatic nitrogens is 2. The molecule has 0 radical (unpaired) electrons. The summed E-state index contributed by atoms with van der Waals surface area (Å²) in [6, 6.07) is 7.66. The Hall–Kier alpha value is -0.440. The Morgan fingerprint density at radius 1 is 0.909 bits per heavy atom. The normalized spacial score (nSPS) is 9.09. The van der Waals surface area contributed by atoms with Gasteiger partial charge in [0.25, 0.3) is 0 Å². The molecule has 0 atom stereocenters.